The summed E-state index contributed by atoms with van der Waals surface area (Å²) in [7, 11) is 0. The zero-order chi connectivity index (χ0) is 10.4. The number of anilines is 1. The van der Waals surface area contributed by atoms with Gasteiger partial charge in [-0.25, -0.2) is 4.98 Å². The maximum atomic E-state index is 6.15. The topological polar surface area (TPSA) is 54.7 Å². The number of pyridine rings is 1. The highest BCUT2D eigenvalue weighted by Crippen LogP contribution is 2.31. The molecule has 4 heteroatoms. The lowest BCUT2D eigenvalue weighted by molar-refractivity contribution is 1.35. The number of hydrogen-bond acceptors (Lipinski definition) is 2. The van der Waals surface area contributed by atoms with E-state index < -0.39 is 0 Å². The second-order valence-electron chi connectivity index (χ2n) is 3.44. The summed E-state index contributed by atoms with van der Waals surface area (Å²) >= 11 is 6.15. The Kier molecular flexibility index (Phi) is 1.64. The second-order valence-corrected chi connectivity index (χ2v) is 3.85. The summed E-state index contributed by atoms with van der Waals surface area (Å²) in [6.45, 7) is 0. The van der Waals surface area contributed by atoms with E-state index in [9.17, 15) is 0 Å². The highest BCUT2D eigenvalue weighted by molar-refractivity contribution is 6.38. The first kappa shape index (κ1) is 8.56. The molecule has 0 amide bonds. The van der Waals surface area contributed by atoms with Crippen LogP contribution in [0.3, 0.4) is 0 Å². The summed E-state index contributed by atoms with van der Waals surface area (Å²) in [4.78, 5) is 7.28. The van der Waals surface area contributed by atoms with Crippen LogP contribution >= 0.6 is 11.6 Å². The molecule has 0 fully saturated rings. The van der Waals surface area contributed by atoms with Gasteiger partial charge in [-0.05, 0) is 18.2 Å². The summed E-state index contributed by atoms with van der Waals surface area (Å²) in [5.41, 5.74) is 7.61. The number of nitrogens with two attached hydrogens (primary N) is 1. The molecular formula is C11H8ClN3. The predicted octanol–water partition coefficient (Wildman–Crippen LogP) is 2.95. The van der Waals surface area contributed by atoms with Gasteiger partial charge in [0.2, 0.25) is 0 Å². The fourth-order valence-corrected chi connectivity index (χ4v) is 2.10. The zero-order valence-electron chi connectivity index (χ0n) is 7.79. The van der Waals surface area contributed by atoms with Crippen LogP contribution in [0.5, 0.6) is 0 Å². The van der Waals surface area contributed by atoms with Crippen LogP contribution in [-0.4, -0.2) is 9.97 Å². The molecular weight excluding hydrogens is 210 g/mol. The summed E-state index contributed by atoms with van der Waals surface area (Å²) in [6, 6.07) is 7.60. The number of nitrogen functional groups attached to an aromatic ring is 1. The molecule has 0 spiro atoms. The lowest BCUT2D eigenvalue weighted by Crippen LogP contribution is -1.87. The Hall–Kier alpha value is -1.74. The summed E-state index contributed by atoms with van der Waals surface area (Å²) in [6.07, 6.45) is 1.72. The number of rotatable bonds is 0. The summed E-state index contributed by atoms with van der Waals surface area (Å²) in [5.74, 6) is 0.503. The minimum absolute atomic E-state index is 0.503. The highest BCUT2D eigenvalue weighted by atomic mass is 35.5. The maximum absolute atomic E-state index is 6.15. The van der Waals surface area contributed by atoms with Gasteiger partial charge < -0.3 is 10.7 Å². The van der Waals surface area contributed by atoms with Crippen molar-refractivity contribution >= 4 is 39.2 Å². The monoisotopic (exact) mass is 217 g/mol. The van der Waals surface area contributed by atoms with E-state index in [0.717, 1.165) is 26.8 Å². The van der Waals surface area contributed by atoms with Crippen LogP contribution in [0.1, 0.15) is 0 Å². The molecule has 0 atom stereocenters. The van der Waals surface area contributed by atoms with E-state index in [1.807, 2.05) is 24.3 Å². The number of aromatic nitrogens is 2. The Morgan fingerprint density at radius 2 is 2.13 bits per heavy atom. The van der Waals surface area contributed by atoms with Crippen molar-refractivity contribution in [3.05, 3.63) is 35.5 Å². The minimum Gasteiger partial charge on any atom is -0.384 e. The van der Waals surface area contributed by atoms with Crippen LogP contribution in [0.15, 0.2) is 30.5 Å². The first-order valence-corrected chi connectivity index (χ1v) is 4.95. The number of benzene rings is 1. The molecule has 1 aromatic carbocycles. The fraction of sp³-hybridized carbons (Fsp3) is 0. The molecule has 2 heterocycles. The molecule has 3 rings (SSSR count). The van der Waals surface area contributed by atoms with E-state index in [1.165, 1.54) is 0 Å². The smallest absolute Gasteiger partial charge is 0.124 e. The Labute approximate surface area is 90.9 Å². The van der Waals surface area contributed by atoms with Crippen molar-refractivity contribution < 1.29 is 0 Å². The van der Waals surface area contributed by atoms with Crippen molar-refractivity contribution in [2.75, 3.05) is 5.73 Å². The Morgan fingerprint density at radius 1 is 1.27 bits per heavy atom. The largest absolute Gasteiger partial charge is 0.384 e. The highest BCUT2D eigenvalue weighted by Gasteiger charge is 2.07. The molecule has 2 aromatic heterocycles. The van der Waals surface area contributed by atoms with Gasteiger partial charge in [-0.2, -0.15) is 0 Å². The van der Waals surface area contributed by atoms with Gasteiger partial charge >= 0.3 is 0 Å². The van der Waals surface area contributed by atoms with E-state index in [4.69, 9.17) is 17.3 Å². The maximum Gasteiger partial charge on any atom is 0.124 e. The average Bonchev–Trinajstić information content (AvgIpc) is 2.57. The van der Waals surface area contributed by atoms with E-state index in [-0.39, 0.29) is 0 Å². The van der Waals surface area contributed by atoms with E-state index in [1.54, 1.807) is 6.20 Å². The molecule has 0 radical (unpaired) electrons. The molecule has 0 saturated carbocycles. The number of hydrogen-bond donors (Lipinski definition) is 2. The second kappa shape index (κ2) is 2.87. The summed E-state index contributed by atoms with van der Waals surface area (Å²) in [5, 5.41) is 2.75. The van der Waals surface area contributed by atoms with Crippen LogP contribution < -0.4 is 5.73 Å². The van der Waals surface area contributed by atoms with Crippen molar-refractivity contribution in [2.45, 2.75) is 0 Å². The van der Waals surface area contributed by atoms with Crippen molar-refractivity contribution in [2.24, 2.45) is 0 Å². The number of nitrogens with zero attached hydrogens (tertiary/aromatic N) is 1. The van der Waals surface area contributed by atoms with Crippen LogP contribution in [0, 0.1) is 0 Å². The molecule has 3 nitrogen and oxygen atoms in total. The van der Waals surface area contributed by atoms with E-state index >= 15 is 0 Å². The summed E-state index contributed by atoms with van der Waals surface area (Å²) < 4.78 is 0. The van der Waals surface area contributed by atoms with Gasteiger partial charge in [-0.15, -0.1) is 0 Å². The van der Waals surface area contributed by atoms with Gasteiger partial charge in [0.1, 0.15) is 5.82 Å². The first-order valence-electron chi connectivity index (χ1n) is 4.57. The zero-order valence-corrected chi connectivity index (χ0v) is 8.55. The molecule has 0 unspecified atom stereocenters. The standard InChI is InChI=1S/C11H8ClN3/c12-7-2-1-3-8-11(7)6-4-10(13)14-5-9(6)15-8/h1-5,15H,(H2,13,14). The third-order valence-electron chi connectivity index (χ3n) is 2.48. The first-order chi connectivity index (χ1) is 7.25. The van der Waals surface area contributed by atoms with Crippen molar-refractivity contribution in [3.8, 4) is 0 Å². The van der Waals surface area contributed by atoms with E-state index in [2.05, 4.69) is 9.97 Å². The molecule has 0 aliphatic heterocycles. The number of nitrogens with one attached hydrogen (secondary N) is 1. The van der Waals surface area contributed by atoms with Crippen LogP contribution in [0.25, 0.3) is 21.8 Å². The molecule has 3 N–H and O–H groups in total. The van der Waals surface area contributed by atoms with Gasteiger partial charge in [0.25, 0.3) is 0 Å². The Bertz CT molecular complexity index is 657. The van der Waals surface area contributed by atoms with Crippen LogP contribution in [0.2, 0.25) is 5.02 Å². The van der Waals surface area contributed by atoms with E-state index in [0.29, 0.717) is 5.82 Å². The molecule has 15 heavy (non-hydrogen) atoms. The molecule has 0 aliphatic rings. The molecule has 0 saturated heterocycles. The Balaban J connectivity index is 2.61. The third kappa shape index (κ3) is 1.17. The van der Waals surface area contributed by atoms with Crippen molar-refractivity contribution in [3.63, 3.8) is 0 Å². The quantitative estimate of drug-likeness (QED) is 0.608. The number of H-pyrrole nitrogens is 1. The number of halogens is 1. The van der Waals surface area contributed by atoms with Crippen molar-refractivity contribution in [1.29, 1.82) is 0 Å². The number of aromatic amines is 1. The van der Waals surface area contributed by atoms with Crippen LogP contribution in [-0.2, 0) is 0 Å². The van der Waals surface area contributed by atoms with Gasteiger partial charge in [0, 0.05) is 16.3 Å². The lowest BCUT2D eigenvalue weighted by Gasteiger charge is -1.94. The minimum atomic E-state index is 0.503. The Morgan fingerprint density at radius 3 is 3.00 bits per heavy atom. The van der Waals surface area contributed by atoms with Gasteiger partial charge in [0.15, 0.2) is 0 Å². The predicted molar refractivity (Wildman–Crippen MR) is 63.0 cm³/mol. The average molecular weight is 218 g/mol. The van der Waals surface area contributed by atoms with Gasteiger partial charge in [0.05, 0.1) is 16.7 Å². The SMILES string of the molecule is Nc1cc2c(cn1)[nH]c1cccc(Cl)c12. The molecule has 3 aromatic rings. The molecule has 0 bridgehead atoms. The fourth-order valence-electron chi connectivity index (χ4n) is 1.83. The van der Waals surface area contributed by atoms with Crippen molar-refractivity contribution in [1.82, 2.24) is 9.97 Å². The van der Waals surface area contributed by atoms with Crippen LogP contribution in [0.4, 0.5) is 5.82 Å². The molecule has 74 valence electrons. The van der Waals surface area contributed by atoms with Gasteiger partial charge in [-0.1, -0.05) is 17.7 Å². The van der Waals surface area contributed by atoms with Gasteiger partial charge in [-0.3, -0.25) is 0 Å². The number of fused-ring (bicyclic) bond motifs is 3. The molecule has 0 aliphatic carbocycles. The lowest BCUT2D eigenvalue weighted by atomic mass is 10.2. The normalized spacial score (nSPS) is 11.3. The third-order valence-corrected chi connectivity index (χ3v) is 2.79.